The fourth-order valence-corrected chi connectivity index (χ4v) is 3.31. The lowest BCUT2D eigenvalue weighted by Crippen LogP contribution is -2.32. The molecule has 0 radical (unpaired) electrons. The van der Waals surface area contributed by atoms with Gasteiger partial charge in [0.1, 0.15) is 0 Å². The number of nitrogens with two attached hydrogens (primary N) is 1. The minimum atomic E-state index is 0.284. The van der Waals surface area contributed by atoms with Crippen molar-refractivity contribution in [2.45, 2.75) is 25.1 Å². The van der Waals surface area contributed by atoms with Crippen molar-refractivity contribution < 1.29 is 4.74 Å². The summed E-state index contributed by atoms with van der Waals surface area (Å²) in [5.74, 6) is 2.66. The summed E-state index contributed by atoms with van der Waals surface area (Å²) < 4.78 is 5.37. The molecule has 0 amide bonds. The maximum Gasteiger partial charge on any atom is 0.0510 e. The van der Waals surface area contributed by atoms with Gasteiger partial charge in [0.25, 0.3) is 0 Å². The van der Waals surface area contributed by atoms with Gasteiger partial charge in [0.05, 0.1) is 6.61 Å². The SMILES string of the molecule is Cc1ccccc1CSCC(N)C1CCOC1. The van der Waals surface area contributed by atoms with Crippen LogP contribution < -0.4 is 5.73 Å². The number of hydrogen-bond donors (Lipinski definition) is 1. The summed E-state index contributed by atoms with van der Waals surface area (Å²) in [5.41, 5.74) is 8.98. The number of ether oxygens (including phenoxy) is 1. The van der Waals surface area contributed by atoms with E-state index in [4.69, 9.17) is 10.5 Å². The highest BCUT2D eigenvalue weighted by Crippen LogP contribution is 2.21. The smallest absolute Gasteiger partial charge is 0.0510 e. The molecule has 94 valence electrons. The van der Waals surface area contributed by atoms with Crippen molar-refractivity contribution in [1.29, 1.82) is 0 Å². The summed E-state index contributed by atoms with van der Waals surface area (Å²) in [6.45, 7) is 3.91. The van der Waals surface area contributed by atoms with E-state index in [0.29, 0.717) is 5.92 Å². The highest BCUT2D eigenvalue weighted by Gasteiger charge is 2.22. The molecule has 0 aliphatic carbocycles. The summed E-state index contributed by atoms with van der Waals surface area (Å²) in [5, 5.41) is 0. The van der Waals surface area contributed by atoms with E-state index in [0.717, 1.165) is 31.1 Å². The van der Waals surface area contributed by atoms with Crippen LogP contribution in [0.25, 0.3) is 0 Å². The Labute approximate surface area is 108 Å². The predicted molar refractivity (Wildman–Crippen MR) is 74.2 cm³/mol. The van der Waals surface area contributed by atoms with Gasteiger partial charge < -0.3 is 10.5 Å². The van der Waals surface area contributed by atoms with Crippen LogP contribution in [0.2, 0.25) is 0 Å². The molecule has 1 aromatic rings. The lowest BCUT2D eigenvalue weighted by Gasteiger charge is -2.17. The van der Waals surface area contributed by atoms with E-state index in [9.17, 15) is 0 Å². The van der Waals surface area contributed by atoms with Crippen molar-refractivity contribution in [1.82, 2.24) is 0 Å². The Morgan fingerprint density at radius 2 is 2.29 bits per heavy atom. The van der Waals surface area contributed by atoms with Gasteiger partial charge in [0.2, 0.25) is 0 Å². The topological polar surface area (TPSA) is 35.2 Å². The second-order valence-electron chi connectivity index (χ2n) is 4.73. The Hall–Kier alpha value is -0.510. The van der Waals surface area contributed by atoms with Crippen molar-refractivity contribution in [3.05, 3.63) is 35.4 Å². The number of benzene rings is 1. The number of aryl methyl sites for hydroxylation is 1. The van der Waals surface area contributed by atoms with Gasteiger partial charge in [0, 0.05) is 30.1 Å². The molecule has 2 N–H and O–H groups in total. The first-order chi connectivity index (χ1) is 8.27. The average Bonchev–Trinajstić information content (AvgIpc) is 2.85. The lowest BCUT2D eigenvalue weighted by atomic mass is 10.0. The van der Waals surface area contributed by atoms with Gasteiger partial charge in [-0.1, -0.05) is 24.3 Å². The standard InChI is InChI=1S/C14H21NOS/c1-11-4-2-3-5-13(11)9-17-10-14(15)12-6-7-16-8-12/h2-5,12,14H,6-10,15H2,1H3. The van der Waals surface area contributed by atoms with E-state index >= 15 is 0 Å². The third-order valence-corrected chi connectivity index (χ3v) is 4.54. The van der Waals surface area contributed by atoms with Crippen LogP contribution in [0.1, 0.15) is 17.5 Å². The Bertz CT molecular complexity index is 350. The largest absolute Gasteiger partial charge is 0.381 e. The highest BCUT2D eigenvalue weighted by atomic mass is 32.2. The van der Waals surface area contributed by atoms with Crippen molar-refractivity contribution in [2.24, 2.45) is 11.7 Å². The zero-order chi connectivity index (χ0) is 12.1. The first-order valence-corrected chi connectivity index (χ1v) is 7.38. The number of rotatable bonds is 5. The van der Waals surface area contributed by atoms with Crippen LogP contribution >= 0.6 is 11.8 Å². The molecule has 2 unspecified atom stereocenters. The maximum absolute atomic E-state index is 6.18. The number of hydrogen-bond acceptors (Lipinski definition) is 3. The van der Waals surface area contributed by atoms with E-state index < -0.39 is 0 Å². The maximum atomic E-state index is 6.18. The van der Waals surface area contributed by atoms with Crippen molar-refractivity contribution in [3.63, 3.8) is 0 Å². The molecule has 17 heavy (non-hydrogen) atoms. The quantitative estimate of drug-likeness (QED) is 0.873. The zero-order valence-electron chi connectivity index (χ0n) is 10.4. The van der Waals surface area contributed by atoms with Crippen molar-refractivity contribution in [2.75, 3.05) is 19.0 Å². The molecular formula is C14H21NOS. The first-order valence-electron chi connectivity index (χ1n) is 6.23. The molecule has 1 heterocycles. The normalized spacial score (nSPS) is 21.6. The summed E-state index contributed by atoms with van der Waals surface area (Å²) in [4.78, 5) is 0. The molecule has 1 aliphatic heterocycles. The van der Waals surface area contributed by atoms with Crippen molar-refractivity contribution in [3.8, 4) is 0 Å². The summed E-state index contributed by atoms with van der Waals surface area (Å²) in [7, 11) is 0. The molecule has 1 saturated heterocycles. The second kappa shape index (κ2) is 6.43. The molecule has 1 aliphatic rings. The van der Waals surface area contributed by atoms with Crippen LogP contribution in [0, 0.1) is 12.8 Å². The van der Waals surface area contributed by atoms with Gasteiger partial charge >= 0.3 is 0 Å². The van der Waals surface area contributed by atoms with Crippen molar-refractivity contribution >= 4 is 11.8 Å². The van der Waals surface area contributed by atoms with Crippen LogP contribution in [0.15, 0.2) is 24.3 Å². The van der Waals surface area contributed by atoms with E-state index in [-0.39, 0.29) is 6.04 Å². The van der Waals surface area contributed by atoms with Gasteiger partial charge in [-0.05, 0) is 24.5 Å². The van der Waals surface area contributed by atoms with Crippen LogP contribution in [0.4, 0.5) is 0 Å². The molecule has 2 nitrogen and oxygen atoms in total. The molecule has 2 rings (SSSR count). The third-order valence-electron chi connectivity index (χ3n) is 3.40. The Kier molecular flexibility index (Phi) is 4.89. The molecule has 2 atom stereocenters. The van der Waals surface area contributed by atoms with E-state index in [1.165, 1.54) is 11.1 Å². The minimum Gasteiger partial charge on any atom is -0.381 e. The van der Waals surface area contributed by atoms with E-state index in [1.807, 2.05) is 11.8 Å². The molecule has 0 bridgehead atoms. The van der Waals surface area contributed by atoms with Crippen LogP contribution in [0.5, 0.6) is 0 Å². The predicted octanol–water partition coefficient (Wildman–Crippen LogP) is 2.59. The Balaban J connectivity index is 1.74. The first kappa shape index (κ1) is 12.9. The van der Waals surface area contributed by atoms with Gasteiger partial charge in [-0.25, -0.2) is 0 Å². The molecule has 0 aromatic heterocycles. The fourth-order valence-electron chi connectivity index (χ4n) is 2.10. The van der Waals surface area contributed by atoms with Gasteiger partial charge in [-0.2, -0.15) is 11.8 Å². The molecule has 1 fully saturated rings. The zero-order valence-corrected chi connectivity index (χ0v) is 11.2. The molecule has 0 spiro atoms. The van der Waals surface area contributed by atoms with Gasteiger partial charge in [-0.15, -0.1) is 0 Å². The minimum absolute atomic E-state index is 0.284. The third kappa shape index (κ3) is 3.73. The second-order valence-corrected chi connectivity index (χ2v) is 5.76. The Morgan fingerprint density at radius 3 is 3.00 bits per heavy atom. The van der Waals surface area contributed by atoms with Crippen LogP contribution in [-0.2, 0) is 10.5 Å². The molecule has 1 aromatic carbocycles. The highest BCUT2D eigenvalue weighted by molar-refractivity contribution is 7.98. The lowest BCUT2D eigenvalue weighted by molar-refractivity contribution is 0.182. The van der Waals surface area contributed by atoms with E-state index in [1.54, 1.807) is 0 Å². The van der Waals surface area contributed by atoms with E-state index in [2.05, 4.69) is 31.2 Å². The summed E-state index contributed by atoms with van der Waals surface area (Å²) in [6, 6.07) is 8.85. The van der Waals surface area contributed by atoms with Gasteiger partial charge in [-0.3, -0.25) is 0 Å². The fraction of sp³-hybridized carbons (Fsp3) is 0.571. The molecular weight excluding hydrogens is 230 g/mol. The van der Waals surface area contributed by atoms with Gasteiger partial charge in [0.15, 0.2) is 0 Å². The summed E-state index contributed by atoms with van der Waals surface area (Å²) >= 11 is 1.93. The van der Waals surface area contributed by atoms with Crippen LogP contribution in [0.3, 0.4) is 0 Å². The molecule has 0 saturated carbocycles. The monoisotopic (exact) mass is 251 g/mol. The molecule has 3 heteroatoms. The number of thioether (sulfide) groups is 1. The van der Waals surface area contributed by atoms with Crippen LogP contribution in [-0.4, -0.2) is 25.0 Å². The average molecular weight is 251 g/mol. The Morgan fingerprint density at radius 1 is 1.47 bits per heavy atom. The summed E-state index contributed by atoms with van der Waals surface area (Å²) in [6.07, 6.45) is 1.13.